The molecule has 0 heterocycles. The van der Waals surface area contributed by atoms with Gasteiger partial charge in [0.25, 0.3) is 0 Å². The smallest absolute Gasteiger partial charge is 0.307 e. The van der Waals surface area contributed by atoms with Crippen molar-refractivity contribution in [2.75, 3.05) is 0 Å². The molecule has 0 amide bonds. The van der Waals surface area contributed by atoms with Crippen molar-refractivity contribution in [2.45, 2.75) is 38.5 Å². The number of alkyl halides is 3. The Balaban J connectivity index is 2.49. The number of hydrogen-bond acceptors (Lipinski definition) is 1. The van der Waals surface area contributed by atoms with Gasteiger partial charge in [-0.15, -0.1) is 0 Å². The molecule has 1 N–H and O–H groups in total. The molecule has 2 atom stereocenters. The third-order valence-electron chi connectivity index (χ3n) is 2.37. The van der Waals surface area contributed by atoms with Crippen LogP contribution in [-0.4, -0.2) is 12.2 Å². The highest BCUT2D eigenvalue weighted by Crippen LogP contribution is 2.22. The van der Waals surface area contributed by atoms with Crippen molar-refractivity contribution in [3.8, 4) is 0 Å². The van der Waals surface area contributed by atoms with Gasteiger partial charge in [-0.2, -0.15) is 13.2 Å². The molecule has 0 aliphatic carbocycles. The summed E-state index contributed by atoms with van der Waals surface area (Å²) < 4.78 is 36.4. The predicted octanol–water partition coefficient (Wildman–Crippen LogP) is 3.68. The fraction of sp³-hybridized carbons (Fsp3) is 0.500. The molecule has 1 rings (SSSR count). The number of benzene rings is 1. The maximum Gasteiger partial charge on any atom is 0.390 e. The zero-order chi connectivity index (χ0) is 12.2. The highest BCUT2D eigenvalue weighted by Gasteiger charge is 2.30. The molecule has 0 spiro atoms. The lowest BCUT2D eigenvalue weighted by atomic mass is 10.1. The normalized spacial score (nSPS) is 15.8. The first-order chi connectivity index (χ1) is 7.38. The number of hydrogen-bond donors (Lipinski definition) is 1. The van der Waals surface area contributed by atoms with Crippen molar-refractivity contribution in [3.63, 3.8) is 0 Å². The summed E-state index contributed by atoms with van der Waals surface area (Å²) in [5.41, 5.74) is 0.997. The minimum Gasteiger partial charge on any atom is -0.307 e. The van der Waals surface area contributed by atoms with Crippen LogP contribution in [0.15, 0.2) is 30.3 Å². The van der Waals surface area contributed by atoms with Crippen molar-refractivity contribution in [1.29, 1.82) is 0 Å². The van der Waals surface area contributed by atoms with E-state index >= 15 is 0 Å². The van der Waals surface area contributed by atoms with Crippen LogP contribution >= 0.6 is 0 Å². The standard InChI is InChI=1S/C12H16F3N/c1-9(8-12(13,14)15)16-10(2)11-6-4-3-5-7-11/h3-7,9-10,16H,8H2,1-2H3/t9?,10-/m0/s1. The minimum atomic E-state index is -4.11. The van der Waals surface area contributed by atoms with Crippen molar-refractivity contribution >= 4 is 0 Å². The number of halogens is 3. The molecule has 0 saturated heterocycles. The van der Waals surface area contributed by atoms with Crippen LogP contribution in [-0.2, 0) is 0 Å². The largest absolute Gasteiger partial charge is 0.390 e. The lowest BCUT2D eigenvalue weighted by Crippen LogP contribution is -2.33. The molecule has 16 heavy (non-hydrogen) atoms. The van der Waals surface area contributed by atoms with Gasteiger partial charge in [0.1, 0.15) is 0 Å². The number of nitrogens with one attached hydrogen (secondary N) is 1. The highest BCUT2D eigenvalue weighted by atomic mass is 19.4. The summed E-state index contributed by atoms with van der Waals surface area (Å²) in [7, 11) is 0. The van der Waals surface area contributed by atoms with Crippen LogP contribution in [0, 0.1) is 0 Å². The quantitative estimate of drug-likeness (QED) is 0.833. The van der Waals surface area contributed by atoms with E-state index < -0.39 is 18.6 Å². The van der Waals surface area contributed by atoms with Crippen molar-refractivity contribution in [3.05, 3.63) is 35.9 Å². The molecular formula is C12H16F3N. The SMILES string of the molecule is CC(CC(F)(F)F)N[C@@H](C)c1ccccc1. The van der Waals surface area contributed by atoms with E-state index in [0.29, 0.717) is 0 Å². The van der Waals surface area contributed by atoms with Gasteiger partial charge in [-0.3, -0.25) is 0 Å². The van der Waals surface area contributed by atoms with Crippen LogP contribution in [0.2, 0.25) is 0 Å². The summed E-state index contributed by atoms with van der Waals surface area (Å²) in [5.74, 6) is 0. The zero-order valence-electron chi connectivity index (χ0n) is 9.38. The van der Waals surface area contributed by atoms with Gasteiger partial charge in [0.05, 0.1) is 6.42 Å². The monoisotopic (exact) mass is 231 g/mol. The second-order valence-corrected chi connectivity index (χ2v) is 4.02. The molecule has 90 valence electrons. The van der Waals surface area contributed by atoms with Crippen molar-refractivity contribution in [1.82, 2.24) is 5.32 Å². The lowest BCUT2D eigenvalue weighted by molar-refractivity contribution is -0.139. The molecule has 1 aromatic carbocycles. The van der Waals surface area contributed by atoms with Crippen LogP contribution in [0.1, 0.15) is 31.9 Å². The average molecular weight is 231 g/mol. The maximum atomic E-state index is 12.1. The first kappa shape index (κ1) is 13.0. The van der Waals surface area contributed by atoms with Crippen LogP contribution in [0.3, 0.4) is 0 Å². The van der Waals surface area contributed by atoms with E-state index in [0.717, 1.165) is 5.56 Å². The fourth-order valence-corrected chi connectivity index (χ4v) is 1.67. The molecule has 1 nitrogen and oxygen atoms in total. The first-order valence-corrected chi connectivity index (χ1v) is 5.26. The Morgan fingerprint density at radius 2 is 1.69 bits per heavy atom. The Kier molecular flexibility index (Phi) is 4.35. The zero-order valence-corrected chi connectivity index (χ0v) is 9.38. The maximum absolute atomic E-state index is 12.1. The summed E-state index contributed by atoms with van der Waals surface area (Å²) >= 11 is 0. The van der Waals surface area contributed by atoms with Gasteiger partial charge in [-0.25, -0.2) is 0 Å². The Morgan fingerprint density at radius 3 is 2.19 bits per heavy atom. The summed E-state index contributed by atoms with van der Waals surface area (Å²) in [6, 6.07) is 8.80. The van der Waals surface area contributed by atoms with Gasteiger partial charge < -0.3 is 5.32 Å². The average Bonchev–Trinajstić information content (AvgIpc) is 2.16. The predicted molar refractivity (Wildman–Crippen MR) is 58.1 cm³/mol. The summed E-state index contributed by atoms with van der Waals surface area (Å²) in [4.78, 5) is 0. The molecule has 0 saturated carbocycles. The Labute approximate surface area is 93.7 Å². The Morgan fingerprint density at radius 1 is 1.12 bits per heavy atom. The van der Waals surface area contributed by atoms with Crippen LogP contribution in [0.5, 0.6) is 0 Å². The van der Waals surface area contributed by atoms with E-state index in [-0.39, 0.29) is 6.04 Å². The van der Waals surface area contributed by atoms with Gasteiger partial charge in [0.2, 0.25) is 0 Å². The van der Waals surface area contributed by atoms with Crippen molar-refractivity contribution < 1.29 is 13.2 Å². The third-order valence-corrected chi connectivity index (χ3v) is 2.37. The Hall–Kier alpha value is -1.03. The third kappa shape index (κ3) is 4.66. The second kappa shape index (κ2) is 5.34. The minimum absolute atomic E-state index is 0.0708. The summed E-state index contributed by atoms with van der Waals surface area (Å²) in [6.45, 7) is 3.41. The molecule has 1 unspecified atom stereocenters. The van der Waals surface area contributed by atoms with E-state index in [4.69, 9.17) is 0 Å². The highest BCUT2D eigenvalue weighted by molar-refractivity contribution is 5.18. The molecule has 4 heteroatoms. The van der Waals surface area contributed by atoms with E-state index in [1.165, 1.54) is 0 Å². The molecule has 0 aromatic heterocycles. The number of rotatable bonds is 4. The van der Waals surface area contributed by atoms with Gasteiger partial charge >= 0.3 is 6.18 Å². The molecule has 0 bridgehead atoms. The van der Waals surface area contributed by atoms with Gasteiger partial charge in [-0.05, 0) is 19.4 Å². The molecule has 1 aromatic rings. The van der Waals surface area contributed by atoms with E-state index in [1.807, 2.05) is 37.3 Å². The van der Waals surface area contributed by atoms with Crippen LogP contribution < -0.4 is 5.32 Å². The second-order valence-electron chi connectivity index (χ2n) is 4.02. The lowest BCUT2D eigenvalue weighted by Gasteiger charge is -2.21. The van der Waals surface area contributed by atoms with E-state index in [9.17, 15) is 13.2 Å². The van der Waals surface area contributed by atoms with Gasteiger partial charge in [0.15, 0.2) is 0 Å². The molecule has 0 aliphatic rings. The molecular weight excluding hydrogens is 215 g/mol. The van der Waals surface area contributed by atoms with Crippen LogP contribution in [0.4, 0.5) is 13.2 Å². The summed E-state index contributed by atoms with van der Waals surface area (Å²) in [5, 5.41) is 2.93. The van der Waals surface area contributed by atoms with Gasteiger partial charge in [0, 0.05) is 12.1 Å². The molecule has 0 aliphatic heterocycles. The molecule has 0 fully saturated rings. The topological polar surface area (TPSA) is 12.0 Å². The fourth-order valence-electron chi connectivity index (χ4n) is 1.67. The molecule has 0 radical (unpaired) electrons. The van der Waals surface area contributed by atoms with Gasteiger partial charge in [-0.1, -0.05) is 30.3 Å². The Bertz CT molecular complexity index is 308. The van der Waals surface area contributed by atoms with Crippen molar-refractivity contribution in [2.24, 2.45) is 0 Å². The first-order valence-electron chi connectivity index (χ1n) is 5.26. The van der Waals surface area contributed by atoms with E-state index in [1.54, 1.807) is 6.92 Å². The van der Waals surface area contributed by atoms with E-state index in [2.05, 4.69) is 5.32 Å². The summed E-state index contributed by atoms with van der Waals surface area (Å²) in [6.07, 6.45) is -4.91. The van der Waals surface area contributed by atoms with Crippen LogP contribution in [0.25, 0.3) is 0 Å².